The highest BCUT2D eigenvalue weighted by Gasteiger charge is 2.35. The van der Waals surface area contributed by atoms with Crippen molar-refractivity contribution < 1.29 is 14.4 Å². The van der Waals surface area contributed by atoms with Crippen molar-refractivity contribution in [3.63, 3.8) is 0 Å². The molecule has 2 aliphatic heterocycles. The predicted molar refractivity (Wildman–Crippen MR) is 114 cm³/mol. The SMILES string of the molecule is CC(=O)c1sc(NC(=O)C2CC(=O)N(c3ccc(N4CCCC4)cc3)C2)nc1C. The average Bonchev–Trinajstić information content (AvgIpc) is 3.42. The zero-order valence-electron chi connectivity index (χ0n) is 16.6. The van der Waals surface area contributed by atoms with E-state index >= 15 is 0 Å². The van der Waals surface area contributed by atoms with E-state index in [1.165, 1.54) is 36.8 Å². The van der Waals surface area contributed by atoms with Crippen molar-refractivity contribution in [1.29, 1.82) is 0 Å². The molecule has 0 bridgehead atoms. The number of hydrogen-bond acceptors (Lipinski definition) is 6. The van der Waals surface area contributed by atoms with Crippen LogP contribution in [0, 0.1) is 12.8 Å². The number of aryl methyl sites for hydroxylation is 1. The van der Waals surface area contributed by atoms with Crippen molar-refractivity contribution >= 4 is 45.4 Å². The minimum absolute atomic E-state index is 0.0567. The molecule has 0 radical (unpaired) electrons. The Balaban J connectivity index is 1.41. The third-order valence-corrected chi connectivity index (χ3v) is 6.65. The third-order valence-electron chi connectivity index (χ3n) is 5.47. The molecule has 2 aromatic rings. The van der Waals surface area contributed by atoms with Crippen LogP contribution in [0.1, 0.15) is 41.6 Å². The minimum atomic E-state index is -0.439. The number of rotatable bonds is 5. The van der Waals surface area contributed by atoms with Crippen LogP contribution >= 0.6 is 11.3 Å². The number of thiazole rings is 1. The van der Waals surface area contributed by atoms with E-state index in [0.29, 0.717) is 22.2 Å². The van der Waals surface area contributed by atoms with Gasteiger partial charge in [0, 0.05) is 44.4 Å². The van der Waals surface area contributed by atoms with Crippen LogP contribution in [0.5, 0.6) is 0 Å². The van der Waals surface area contributed by atoms with Crippen molar-refractivity contribution in [3.05, 3.63) is 34.8 Å². The van der Waals surface area contributed by atoms with Gasteiger partial charge < -0.3 is 15.1 Å². The van der Waals surface area contributed by atoms with E-state index in [0.717, 1.165) is 18.8 Å². The Labute approximate surface area is 173 Å². The van der Waals surface area contributed by atoms with Gasteiger partial charge in [-0.2, -0.15) is 0 Å². The Hall–Kier alpha value is -2.74. The Morgan fingerprint density at radius 1 is 1.14 bits per heavy atom. The lowest BCUT2D eigenvalue weighted by atomic mass is 10.1. The lowest BCUT2D eigenvalue weighted by molar-refractivity contribution is -0.122. The fourth-order valence-corrected chi connectivity index (χ4v) is 4.80. The molecular weight excluding hydrogens is 388 g/mol. The van der Waals surface area contributed by atoms with Gasteiger partial charge in [0.2, 0.25) is 11.8 Å². The highest BCUT2D eigenvalue weighted by Crippen LogP contribution is 2.30. The summed E-state index contributed by atoms with van der Waals surface area (Å²) in [7, 11) is 0. The summed E-state index contributed by atoms with van der Waals surface area (Å²) in [6.45, 7) is 5.72. The zero-order chi connectivity index (χ0) is 20.5. The molecule has 152 valence electrons. The quantitative estimate of drug-likeness (QED) is 0.763. The molecule has 29 heavy (non-hydrogen) atoms. The number of Topliss-reactive ketones (excluding diaryl/α,β-unsaturated/α-hetero) is 1. The van der Waals surface area contributed by atoms with Crippen LogP contribution in [0.2, 0.25) is 0 Å². The highest BCUT2D eigenvalue weighted by molar-refractivity contribution is 7.17. The summed E-state index contributed by atoms with van der Waals surface area (Å²) < 4.78 is 0. The normalized spacial score (nSPS) is 19.1. The lowest BCUT2D eigenvalue weighted by Crippen LogP contribution is -2.28. The molecule has 8 heteroatoms. The lowest BCUT2D eigenvalue weighted by Gasteiger charge is -2.20. The topological polar surface area (TPSA) is 82.6 Å². The molecule has 4 rings (SSSR count). The molecule has 3 heterocycles. The summed E-state index contributed by atoms with van der Waals surface area (Å²) in [5, 5.41) is 3.17. The number of aromatic nitrogens is 1. The van der Waals surface area contributed by atoms with Gasteiger partial charge in [-0.1, -0.05) is 11.3 Å². The smallest absolute Gasteiger partial charge is 0.231 e. The van der Waals surface area contributed by atoms with Crippen LogP contribution < -0.4 is 15.1 Å². The maximum Gasteiger partial charge on any atom is 0.231 e. The van der Waals surface area contributed by atoms with Crippen LogP contribution in [0.25, 0.3) is 0 Å². The molecular formula is C21H24N4O3S. The fraction of sp³-hybridized carbons (Fsp3) is 0.429. The number of nitrogens with zero attached hydrogens (tertiary/aromatic N) is 3. The first-order valence-electron chi connectivity index (χ1n) is 9.87. The number of carbonyl (C=O) groups excluding carboxylic acids is 3. The van der Waals surface area contributed by atoms with Gasteiger partial charge in [-0.05, 0) is 44.0 Å². The first-order valence-corrected chi connectivity index (χ1v) is 10.7. The third kappa shape index (κ3) is 4.03. The number of amides is 2. The van der Waals surface area contributed by atoms with Gasteiger partial charge in [0.25, 0.3) is 0 Å². The second-order valence-corrected chi connectivity index (χ2v) is 8.59. The average molecular weight is 413 g/mol. The second kappa shape index (κ2) is 7.94. The Morgan fingerprint density at radius 3 is 2.41 bits per heavy atom. The van der Waals surface area contributed by atoms with Gasteiger partial charge in [0.1, 0.15) is 0 Å². The molecule has 0 spiro atoms. The van der Waals surface area contributed by atoms with E-state index in [-0.39, 0.29) is 24.0 Å². The highest BCUT2D eigenvalue weighted by atomic mass is 32.1. The zero-order valence-corrected chi connectivity index (χ0v) is 17.4. The molecule has 0 saturated carbocycles. The van der Waals surface area contributed by atoms with Crippen molar-refractivity contribution in [2.45, 2.75) is 33.1 Å². The maximum atomic E-state index is 12.6. The molecule has 2 amide bonds. The standard InChI is InChI=1S/C21H24N4O3S/c1-13-19(14(2)26)29-21(22-13)23-20(28)15-11-18(27)25(12-15)17-7-5-16(6-8-17)24-9-3-4-10-24/h5-8,15H,3-4,9-12H2,1-2H3,(H,22,23,28). The predicted octanol–water partition coefficient (Wildman–Crippen LogP) is 3.25. The summed E-state index contributed by atoms with van der Waals surface area (Å²) in [4.78, 5) is 45.5. The van der Waals surface area contributed by atoms with Gasteiger partial charge in [0.15, 0.2) is 10.9 Å². The maximum absolute atomic E-state index is 12.6. The molecule has 1 unspecified atom stereocenters. The Bertz CT molecular complexity index is 947. The monoisotopic (exact) mass is 412 g/mol. The number of carbonyl (C=O) groups is 3. The van der Waals surface area contributed by atoms with Gasteiger partial charge >= 0.3 is 0 Å². The summed E-state index contributed by atoms with van der Waals surface area (Å²) in [5.41, 5.74) is 2.60. The number of benzene rings is 1. The fourth-order valence-electron chi connectivity index (χ4n) is 3.94. The molecule has 7 nitrogen and oxygen atoms in total. The van der Waals surface area contributed by atoms with E-state index in [9.17, 15) is 14.4 Å². The van der Waals surface area contributed by atoms with Crippen LogP contribution in [-0.4, -0.2) is 42.2 Å². The second-order valence-electron chi connectivity index (χ2n) is 7.59. The van der Waals surface area contributed by atoms with Crippen molar-refractivity contribution in [3.8, 4) is 0 Å². The largest absolute Gasteiger partial charge is 0.372 e. The molecule has 1 aromatic heterocycles. The van der Waals surface area contributed by atoms with Crippen LogP contribution in [0.4, 0.5) is 16.5 Å². The first kappa shape index (κ1) is 19.6. The molecule has 2 aliphatic rings. The van der Waals surface area contributed by atoms with E-state index in [2.05, 4.69) is 15.2 Å². The van der Waals surface area contributed by atoms with E-state index in [4.69, 9.17) is 0 Å². The van der Waals surface area contributed by atoms with Crippen molar-refractivity contribution in [1.82, 2.24) is 4.98 Å². The molecule has 1 aromatic carbocycles. The molecule has 2 saturated heterocycles. The van der Waals surface area contributed by atoms with Gasteiger partial charge in [-0.3, -0.25) is 14.4 Å². The number of ketones is 1. The summed E-state index contributed by atoms with van der Waals surface area (Å²) >= 11 is 1.17. The van der Waals surface area contributed by atoms with E-state index in [1.54, 1.807) is 11.8 Å². The van der Waals surface area contributed by atoms with Gasteiger partial charge in [-0.15, -0.1) is 0 Å². The number of nitrogens with one attached hydrogen (secondary N) is 1. The van der Waals surface area contributed by atoms with E-state index in [1.807, 2.05) is 24.3 Å². The number of hydrogen-bond donors (Lipinski definition) is 1. The Kier molecular flexibility index (Phi) is 5.36. The van der Waals surface area contributed by atoms with Gasteiger partial charge in [0.05, 0.1) is 16.5 Å². The molecule has 1 atom stereocenters. The summed E-state index contributed by atoms with van der Waals surface area (Å²) in [6.07, 6.45) is 2.61. The minimum Gasteiger partial charge on any atom is -0.372 e. The molecule has 1 N–H and O–H groups in total. The summed E-state index contributed by atoms with van der Waals surface area (Å²) in [5.74, 6) is -0.803. The van der Waals surface area contributed by atoms with Crippen LogP contribution in [0.3, 0.4) is 0 Å². The molecule has 0 aliphatic carbocycles. The van der Waals surface area contributed by atoms with E-state index < -0.39 is 5.92 Å². The van der Waals surface area contributed by atoms with Crippen molar-refractivity contribution in [2.24, 2.45) is 5.92 Å². The number of anilines is 3. The summed E-state index contributed by atoms with van der Waals surface area (Å²) in [6, 6.07) is 8.00. The molecule has 2 fully saturated rings. The van der Waals surface area contributed by atoms with Gasteiger partial charge in [-0.25, -0.2) is 4.98 Å². The van der Waals surface area contributed by atoms with Crippen LogP contribution in [0.15, 0.2) is 24.3 Å². The first-order chi connectivity index (χ1) is 13.9. The van der Waals surface area contributed by atoms with Crippen LogP contribution in [-0.2, 0) is 9.59 Å². The Morgan fingerprint density at radius 2 is 1.79 bits per heavy atom. The van der Waals surface area contributed by atoms with Crippen molar-refractivity contribution in [2.75, 3.05) is 34.8 Å².